The predicted octanol–water partition coefficient (Wildman–Crippen LogP) is 8.49. The molecule has 4 aromatic rings. The first-order chi connectivity index (χ1) is 20.0. The van der Waals surface area contributed by atoms with Crippen molar-refractivity contribution in [1.29, 1.82) is 0 Å². The summed E-state index contributed by atoms with van der Waals surface area (Å²) in [6.45, 7) is 6.15. The van der Waals surface area contributed by atoms with Gasteiger partial charge in [0, 0.05) is 15.4 Å². The molecule has 0 radical (unpaired) electrons. The van der Waals surface area contributed by atoms with Gasteiger partial charge >= 0.3 is 5.97 Å². The molecule has 0 aliphatic heterocycles. The molecule has 1 N–H and O–H groups in total. The maximum atomic E-state index is 13.8. The number of ether oxygens (including phenoxy) is 2. The number of pyridine rings is 1. The second-order valence-corrected chi connectivity index (χ2v) is 12.4. The maximum absolute atomic E-state index is 13.8. The first kappa shape index (κ1) is 29.6. The summed E-state index contributed by atoms with van der Waals surface area (Å²) in [6.07, 6.45) is 3.55. The van der Waals surface area contributed by atoms with Crippen LogP contribution in [0.2, 0.25) is 10.0 Å². The first-order valence-corrected chi connectivity index (χ1v) is 14.5. The Hall–Kier alpha value is -3.87. The smallest absolute Gasteiger partial charge is 0.339 e. The second-order valence-electron chi connectivity index (χ2n) is 11.5. The van der Waals surface area contributed by atoms with Crippen LogP contribution in [0.4, 0.5) is 5.69 Å². The minimum absolute atomic E-state index is 0.0339. The molecular formula is C34H32Cl2N2O4. The molecule has 0 fully saturated rings. The lowest BCUT2D eigenvalue weighted by Crippen LogP contribution is -2.29. The molecule has 42 heavy (non-hydrogen) atoms. The fourth-order valence-corrected chi connectivity index (χ4v) is 5.71. The third-order valence-electron chi connectivity index (χ3n) is 7.60. The number of halogens is 2. The molecule has 0 saturated heterocycles. The Bertz CT molecular complexity index is 1710. The molecule has 3 aromatic carbocycles. The fourth-order valence-electron chi connectivity index (χ4n) is 5.33. The molecule has 0 bridgehead atoms. The zero-order valence-corrected chi connectivity index (χ0v) is 25.5. The summed E-state index contributed by atoms with van der Waals surface area (Å²) in [6, 6.07) is 20.1. The lowest BCUT2D eigenvalue weighted by molar-refractivity contribution is -0.119. The van der Waals surface area contributed by atoms with E-state index in [0.717, 1.165) is 28.8 Å². The quantitative estimate of drug-likeness (QED) is 0.224. The molecular weight excluding hydrogens is 571 g/mol. The average Bonchev–Trinajstić information content (AvgIpc) is 2.94. The van der Waals surface area contributed by atoms with Crippen LogP contribution < -0.4 is 10.1 Å². The highest BCUT2D eigenvalue weighted by Gasteiger charge is 2.35. The molecule has 1 atom stereocenters. The topological polar surface area (TPSA) is 77.5 Å². The van der Waals surface area contributed by atoms with Gasteiger partial charge in [0.05, 0.1) is 29.6 Å². The molecule has 0 saturated carbocycles. The van der Waals surface area contributed by atoms with Crippen molar-refractivity contribution in [3.05, 3.63) is 99.2 Å². The highest BCUT2D eigenvalue weighted by Crippen LogP contribution is 2.45. The van der Waals surface area contributed by atoms with Crippen molar-refractivity contribution in [1.82, 2.24) is 4.98 Å². The number of fused-ring (bicyclic) bond motifs is 2. The lowest BCUT2D eigenvalue weighted by Gasteiger charge is -2.36. The molecule has 216 valence electrons. The monoisotopic (exact) mass is 602 g/mol. The summed E-state index contributed by atoms with van der Waals surface area (Å²) in [5, 5.41) is 4.49. The van der Waals surface area contributed by atoms with Gasteiger partial charge in [0.1, 0.15) is 5.75 Å². The third kappa shape index (κ3) is 6.45. The molecule has 1 heterocycles. The Balaban J connectivity index is 1.53. The first-order valence-electron chi connectivity index (χ1n) is 13.7. The summed E-state index contributed by atoms with van der Waals surface area (Å²) in [4.78, 5) is 31.7. The Morgan fingerprint density at radius 1 is 1.00 bits per heavy atom. The van der Waals surface area contributed by atoms with Crippen molar-refractivity contribution >= 4 is 63.3 Å². The van der Waals surface area contributed by atoms with Crippen molar-refractivity contribution in [2.75, 3.05) is 19.0 Å². The van der Waals surface area contributed by atoms with E-state index < -0.39 is 18.5 Å². The predicted molar refractivity (Wildman–Crippen MR) is 169 cm³/mol. The van der Waals surface area contributed by atoms with Gasteiger partial charge in [-0.3, -0.25) is 4.79 Å². The van der Waals surface area contributed by atoms with Crippen molar-refractivity contribution in [2.24, 2.45) is 11.3 Å². The Kier molecular flexibility index (Phi) is 8.58. The van der Waals surface area contributed by atoms with Gasteiger partial charge in [-0.2, -0.15) is 0 Å². The number of aromatic nitrogens is 1. The number of methoxy groups -OCH3 is 1. The van der Waals surface area contributed by atoms with Crippen LogP contribution >= 0.6 is 23.2 Å². The number of benzene rings is 3. The van der Waals surface area contributed by atoms with E-state index in [2.05, 4.69) is 32.2 Å². The Morgan fingerprint density at radius 2 is 1.76 bits per heavy atom. The molecule has 1 aromatic heterocycles. The van der Waals surface area contributed by atoms with Gasteiger partial charge in [-0.25, -0.2) is 9.78 Å². The molecule has 0 spiro atoms. The van der Waals surface area contributed by atoms with Crippen LogP contribution in [0.25, 0.3) is 22.6 Å². The van der Waals surface area contributed by atoms with E-state index >= 15 is 0 Å². The number of hydrogen-bond donors (Lipinski definition) is 1. The van der Waals surface area contributed by atoms with Gasteiger partial charge in [-0.1, -0.05) is 74.3 Å². The zero-order chi connectivity index (χ0) is 30.0. The van der Waals surface area contributed by atoms with Gasteiger partial charge in [-0.05, 0) is 83.3 Å². The van der Waals surface area contributed by atoms with Crippen LogP contribution in [-0.4, -0.2) is 30.6 Å². The minimum atomic E-state index is -0.574. The van der Waals surface area contributed by atoms with Crippen LogP contribution in [0.15, 0.2) is 66.7 Å². The highest BCUT2D eigenvalue weighted by atomic mass is 35.5. The van der Waals surface area contributed by atoms with Crippen LogP contribution in [0, 0.1) is 11.3 Å². The molecule has 1 aliphatic rings. The van der Waals surface area contributed by atoms with Crippen LogP contribution in [-0.2, 0) is 16.0 Å². The molecule has 6 nitrogen and oxygen atoms in total. The number of nitrogens with zero attached hydrogens (tertiary/aromatic N) is 1. The number of anilines is 1. The zero-order valence-electron chi connectivity index (χ0n) is 24.0. The number of esters is 1. The fraction of sp³-hybridized carbons (Fsp3) is 0.265. The Morgan fingerprint density at radius 3 is 2.50 bits per heavy atom. The van der Waals surface area contributed by atoms with E-state index in [-0.39, 0.29) is 11.3 Å². The van der Waals surface area contributed by atoms with Gasteiger partial charge in [-0.15, -0.1) is 0 Å². The number of para-hydroxylation sites is 1. The maximum Gasteiger partial charge on any atom is 0.339 e. The molecule has 5 rings (SSSR count). The lowest BCUT2D eigenvalue weighted by atomic mass is 9.69. The molecule has 8 heteroatoms. The number of carbonyl (C=O) groups is 2. The third-order valence-corrected chi connectivity index (χ3v) is 8.07. The van der Waals surface area contributed by atoms with Gasteiger partial charge in [0.25, 0.3) is 5.91 Å². The van der Waals surface area contributed by atoms with Gasteiger partial charge < -0.3 is 14.8 Å². The van der Waals surface area contributed by atoms with E-state index in [1.54, 1.807) is 18.2 Å². The summed E-state index contributed by atoms with van der Waals surface area (Å²) < 4.78 is 10.9. The average molecular weight is 604 g/mol. The number of amides is 1. The van der Waals surface area contributed by atoms with Crippen molar-refractivity contribution < 1.29 is 19.1 Å². The Labute approximate surface area is 255 Å². The highest BCUT2D eigenvalue weighted by molar-refractivity contribution is 6.31. The minimum Gasteiger partial charge on any atom is -0.495 e. The van der Waals surface area contributed by atoms with Crippen molar-refractivity contribution in [3.63, 3.8) is 0 Å². The largest absolute Gasteiger partial charge is 0.495 e. The van der Waals surface area contributed by atoms with Crippen LogP contribution in [0.3, 0.4) is 0 Å². The number of nitrogens with one attached hydrogen (secondary N) is 1. The second kappa shape index (κ2) is 12.2. The molecule has 1 aliphatic carbocycles. The summed E-state index contributed by atoms with van der Waals surface area (Å²) in [5.41, 5.74) is 5.07. The number of rotatable bonds is 6. The van der Waals surface area contributed by atoms with Gasteiger partial charge in [0.2, 0.25) is 0 Å². The normalized spacial score (nSPS) is 15.8. The van der Waals surface area contributed by atoms with Crippen LogP contribution in [0.5, 0.6) is 5.75 Å². The van der Waals surface area contributed by atoms with Crippen LogP contribution in [0.1, 0.15) is 54.4 Å². The van der Waals surface area contributed by atoms with E-state index in [4.69, 9.17) is 37.7 Å². The van der Waals surface area contributed by atoms with Crippen molar-refractivity contribution in [2.45, 2.75) is 33.6 Å². The van der Waals surface area contributed by atoms with E-state index in [0.29, 0.717) is 44.4 Å². The van der Waals surface area contributed by atoms with E-state index in [1.165, 1.54) is 7.11 Å². The summed E-state index contributed by atoms with van der Waals surface area (Å²) in [5.74, 6) is -0.399. The standard InChI is InChI=1S/C34H32Cl2N2O4/c1-34(2,3)22-16-21(14-20-8-7-9-23(35)15-20)32-26(17-22)31(25-10-5-6-11-27(25)38-32)33(40)42-19-30(39)37-28-18-24(36)12-13-29(28)41-4/h5-15,18,22H,16-17,19H2,1-4H3,(H,37,39). The molecule has 1 amide bonds. The molecule has 1 unspecified atom stereocenters. The number of carbonyl (C=O) groups excluding carboxylic acids is 2. The van der Waals surface area contributed by atoms with Crippen molar-refractivity contribution in [3.8, 4) is 5.75 Å². The summed E-state index contributed by atoms with van der Waals surface area (Å²) >= 11 is 12.4. The number of allylic oxidation sites excluding steroid dienone is 1. The van der Waals surface area contributed by atoms with E-state index in [1.807, 2.05) is 48.5 Å². The SMILES string of the molecule is COc1ccc(Cl)cc1NC(=O)COC(=O)c1c2c(nc3ccccc13)C(=Cc1cccc(Cl)c1)CC(C(C)(C)C)C2. The van der Waals surface area contributed by atoms with Gasteiger partial charge in [0.15, 0.2) is 6.61 Å². The van der Waals surface area contributed by atoms with E-state index in [9.17, 15) is 9.59 Å². The number of hydrogen-bond acceptors (Lipinski definition) is 5. The summed E-state index contributed by atoms with van der Waals surface area (Å²) in [7, 11) is 1.50.